The van der Waals surface area contributed by atoms with Crippen molar-refractivity contribution >= 4 is 11.6 Å². The van der Waals surface area contributed by atoms with Crippen molar-refractivity contribution in [3.63, 3.8) is 0 Å². The lowest BCUT2D eigenvalue weighted by Crippen LogP contribution is -2.15. The molecular weight excluding hydrogens is 222 g/mol. The van der Waals surface area contributed by atoms with Crippen LogP contribution in [0.2, 0.25) is 0 Å². The van der Waals surface area contributed by atoms with Crippen LogP contribution in [0.25, 0.3) is 0 Å². The van der Waals surface area contributed by atoms with Gasteiger partial charge in [0.1, 0.15) is 0 Å². The Morgan fingerprint density at radius 2 is 1.61 bits per heavy atom. The monoisotopic (exact) mass is 241 g/mol. The number of allylic oxidation sites excluding steroid dienone is 2. The van der Waals surface area contributed by atoms with Crippen LogP contribution in [0.15, 0.2) is 42.5 Å². The topological polar surface area (TPSA) is 29.1 Å². The average molecular weight is 241 g/mol. The van der Waals surface area contributed by atoms with Crippen LogP contribution in [0.4, 0.5) is 5.69 Å². The fourth-order valence-electron chi connectivity index (χ4n) is 3.18. The fourth-order valence-corrected chi connectivity index (χ4v) is 3.18. The molecule has 0 saturated heterocycles. The normalized spacial score (nSPS) is 31.7. The molecule has 0 radical (unpaired) electrons. The molecule has 1 saturated carbocycles. The summed E-state index contributed by atoms with van der Waals surface area (Å²) in [6, 6.07) is 9.77. The number of para-hydroxylation sites is 1. The van der Waals surface area contributed by atoms with Crippen LogP contribution >= 0.6 is 0 Å². The molecule has 2 aliphatic rings. The Kier molecular flexibility index (Phi) is 3.18. The third-order valence-electron chi connectivity index (χ3n) is 4.18. The summed E-state index contributed by atoms with van der Waals surface area (Å²) in [7, 11) is 0. The zero-order chi connectivity index (χ0) is 12.4. The minimum absolute atomic E-state index is 0.220. The summed E-state index contributed by atoms with van der Waals surface area (Å²) in [4.78, 5) is 12.2. The van der Waals surface area contributed by atoms with E-state index in [-0.39, 0.29) is 11.8 Å². The molecule has 1 aromatic rings. The van der Waals surface area contributed by atoms with Gasteiger partial charge in [0.05, 0.1) is 0 Å². The van der Waals surface area contributed by atoms with Crippen molar-refractivity contribution in [2.45, 2.75) is 25.7 Å². The molecule has 2 nitrogen and oxygen atoms in total. The minimum atomic E-state index is 0.220. The number of carbonyl (C=O) groups is 1. The van der Waals surface area contributed by atoms with Crippen LogP contribution < -0.4 is 5.32 Å². The smallest absolute Gasteiger partial charge is 0.228 e. The lowest BCUT2D eigenvalue weighted by atomic mass is 10.1. The molecule has 1 fully saturated rings. The van der Waals surface area contributed by atoms with E-state index in [1.807, 2.05) is 30.3 Å². The highest BCUT2D eigenvalue weighted by Crippen LogP contribution is 2.53. The van der Waals surface area contributed by atoms with E-state index in [1.54, 1.807) is 0 Å². The standard InChI is InChI=1S/C16H19NO/c18-16(17-12-8-4-3-5-9-12)15-13-10-6-1-2-7-11-14(13)15/h1-5,8-9,13-15H,6-7,10-11H2,(H,17,18)/b2-1-/t13-,14-/m0/s1. The maximum atomic E-state index is 12.2. The fraction of sp³-hybridized carbons (Fsp3) is 0.438. The van der Waals surface area contributed by atoms with E-state index in [0.717, 1.165) is 18.5 Å². The van der Waals surface area contributed by atoms with Gasteiger partial charge in [-0.15, -0.1) is 0 Å². The van der Waals surface area contributed by atoms with Crippen molar-refractivity contribution < 1.29 is 4.79 Å². The summed E-state index contributed by atoms with van der Waals surface area (Å²) in [6.45, 7) is 0. The first-order valence-electron chi connectivity index (χ1n) is 6.87. The molecule has 1 aromatic carbocycles. The van der Waals surface area contributed by atoms with Gasteiger partial charge in [-0.2, -0.15) is 0 Å². The van der Waals surface area contributed by atoms with Crippen molar-refractivity contribution in [1.82, 2.24) is 0 Å². The highest BCUT2D eigenvalue weighted by Gasteiger charge is 2.53. The third kappa shape index (κ3) is 2.33. The molecule has 3 rings (SSSR count). The summed E-state index contributed by atoms with van der Waals surface area (Å²) in [5, 5.41) is 3.04. The van der Waals surface area contributed by atoms with Gasteiger partial charge < -0.3 is 5.32 Å². The van der Waals surface area contributed by atoms with Gasteiger partial charge in [0.25, 0.3) is 0 Å². The Morgan fingerprint density at radius 1 is 1.00 bits per heavy atom. The predicted octanol–water partition coefficient (Wildman–Crippen LogP) is 3.62. The number of amides is 1. The Hall–Kier alpha value is -1.57. The van der Waals surface area contributed by atoms with Gasteiger partial charge >= 0.3 is 0 Å². The second kappa shape index (κ2) is 4.97. The molecular formula is C16H19NO. The molecule has 1 N–H and O–H groups in total. The number of benzene rings is 1. The number of anilines is 1. The van der Waals surface area contributed by atoms with Crippen LogP contribution in [-0.2, 0) is 4.79 Å². The first-order chi connectivity index (χ1) is 8.86. The van der Waals surface area contributed by atoms with Crippen molar-refractivity contribution in [2.24, 2.45) is 17.8 Å². The first-order valence-corrected chi connectivity index (χ1v) is 6.87. The number of hydrogen-bond donors (Lipinski definition) is 1. The van der Waals surface area contributed by atoms with E-state index in [9.17, 15) is 4.79 Å². The third-order valence-corrected chi connectivity index (χ3v) is 4.18. The van der Waals surface area contributed by atoms with Crippen LogP contribution in [0.3, 0.4) is 0 Å². The van der Waals surface area contributed by atoms with Gasteiger partial charge in [-0.05, 0) is 49.7 Å². The number of nitrogens with one attached hydrogen (secondary N) is 1. The van der Waals surface area contributed by atoms with E-state index in [1.165, 1.54) is 12.8 Å². The Labute approximate surface area is 108 Å². The van der Waals surface area contributed by atoms with Crippen LogP contribution in [-0.4, -0.2) is 5.91 Å². The van der Waals surface area contributed by atoms with Crippen molar-refractivity contribution in [2.75, 3.05) is 5.32 Å². The summed E-state index contributed by atoms with van der Waals surface area (Å²) < 4.78 is 0. The highest BCUT2D eigenvalue weighted by atomic mass is 16.2. The summed E-state index contributed by atoms with van der Waals surface area (Å²) in [5.41, 5.74) is 0.917. The molecule has 94 valence electrons. The van der Waals surface area contributed by atoms with Gasteiger partial charge in [-0.1, -0.05) is 30.4 Å². The highest BCUT2D eigenvalue weighted by molar-refractivity contribution is 5.94. The lowest BCUT2D eigenvalue weighted by molar-refractivity contribution is -0.117. The second-order valence-electron chi connectivity index (χ2n) is 5.33. The van der Waals surface area contributed by atoms with Crippen molar-refractivity contribution in [3.05, 3.63) is 42.5 Å². The Bertz CT molecular complexity index is 435. The van der Waals surface area contributed by atoms with E-state index in [0.29, 0.717) is 11.8 Å². The van der Waals surface area contributed by atoms with Gasteiger partial charge in [0.2, 0.25) is 5.91 Å². The molecule has 1 amide bonds. The summed E-state index contributed by atoms with van der Waals surface area (Å²) in [6.07, 6.45) is 9.15. The van der Waals surface area contributed by atoms with Crippen LogP contribution in [0.1, 0.15) is 25.7 Å². The van der Waals surface area contributed by atoms with E-state index in [2.05, 4.69) is 17.5 Å². The maximum absolute atomic E-state index is 12.2. The van der Waals surface area contributed by atoms with Crippen molar-refractivity contribution in [1.29, 1.82) is 0 Å². The van der Waals surface area contributed by atoms with E-state index >= 15 is 0 Å². The van der Waals surface area contributed by atoms with Crippen LogP contribution in [0, 0.1) is 17.8 Å². The molecule has 2 heteroatoms. The predicted molar refractivity (Wildman–Crippen MR) is 73.1 cm³/mol. The maximum Gasteiger partial charge on any atom is 0.228 e. The van der Waals surface area contributed by atoms with E-state index in [4.69, 9.17) is 0 Å². The quantitative estimate of drug-likeness (QED) is 0.787. The number of rotatable bonds is 2. The zero-order valence-corrected chi connectivity index (χ0v) is 10.5. The van der Waals surface area contributed by atoms with Gasteiger partial charge in [-0.25, -0.2) is 0 Å². The molecule has 0 spiro atoms. The first kappa shape index (κ1) is 11.5. The molecule has 2 aliphatic carbocycles. The minimum Gasteiger partial charge on any atom is -0.326 e. The number of hydrogen-bond acceptors (Lipinski definition) is 1. The van der Waals surface area contributed by atoms with Gasteiger partial charge in [0.15, 0.2) is 0 Å². The van der Waals surface area contributed by atoms with E-state index < -0.39 is 0 Å². The SMILES string of the molecule is O=C(Nc1ccccc1)C1[C@H]2CC/C=C\CC[C@H]12. The molecule has 0 heterocycles. The second-order valence-corrected chi connectivity index (χ2v) is 5.33. The zero-order valence-electron chi connectivity index (χ0n) is 10.5. The average Bonchev–Trinajstić information content (AvgIpc) is 3.02. The molecule has 2 atom stereocenters. The Balaban J connectivity index is 1.61. The molecule has 0 bridgehead atoms. The Morgan fingerprint density at radius 3 is 2.22 bits per heavy atom. The van der Waals surface area contributed by atoms with Crippen LogP contribution in [0.5, 0.6) is 0 Å². The molecule has 0 unspecified atom stereocenters. The lowest BCUT2D eigenvalue weighted by Gasteiger charge is -2.04. The van der Waals surface area contributed by atoms with Gasteiger partial charge in [-0.3, -0.25) is 4.79 Å². The number of fused-ring (bicyclic) bond motifs is 1. The molecule has 18 heavy (non-hydrogen) atoms. The molecule has 0 aromatic heterocycles. The summed E-state index contributed by atoms with van der Waals surface area (Å²) >= 11 is 0. The molecule has 0 aliphatic heterocycles. The summed E-state index contributed by atoms with van der Waals surface area (Å²) in [5.74, 6) is 1.72. The largest absolute Gasteiger partial charge is 0.326 e. The number of carbonyl (C=O) groups excluding carboxylic acids is 1. The van der Waals surface area contributed by atoms with Gasteiger partial charge in [0, 0.05) is 11.6 Å². The van der Waals surface area contributed by atoms with Crippen molar-refractivity contribution in [3.8, 4) is 0 Å².